The van der Waals surface area contributed by atoms with Crippen molar-refractivity contribution in [3.05, 3.63) is 34.9 Å². The van der Waals surface area contributed by atoms with Crippen LogP contribution >= 0.6 is 0 Å². The first-order chi connectivity index (χ1) is 10.0. The molecule has 1 fully saturated rings. The van der Waals surface area contributed by atoms with Gasteiger partial charge in [0.2, 0.25) is 0 Å². The topological polar surface area (TPSA) is 40.6 Å². The van der Waals surface area contributed by atoms with Crippen molar-refractivity contribution in [2.75, 3.05) is 26.2 Å². The van der Waals surface area contributed by atoms with E-state index in [2.05, 4.69) is 11.8 Å². The van der Waals surface area contributed by atoms with Gasteiger partial charge in [0.15, 0.2) is 0 Å². The molecule has 1 aromatic rings. The summed E-state index contributed by atoms with van der Waals surface area (Å²) in [5.41, 5.74) is 3.01. The quantitative estimate of drug-likeness (QED) is 0.735. The Bertz CT molecular complexity index is 617. The molecule has 0 radical (unpaired) electrons. The number of nitrogens with zero attached hydrogens (tertiary/aromatic N) is 2. The van der Waals surface area contributed by atoms with Crippen molar-refractivity contribution in [1.29, 1.82) is 0 Å². The Labute approximate surface area is 125 Å². The smallest absolute Gasteiger partial charge is 0.298 e. The summed E-state index contributed by atoms with van der Waals surface area (Å²) >= 11 is 0. The maximum atomic E-state index is 12.5. The van der Waals surface area contributed by atoms with Crippen LogP contribution in [0, 0.1) is 25.7 Å². The van der Waals surface area contributed by atoms with Gasteiger partial charge in [-0.25, -0.2) is 0 Å². The number of carbonyl (C=O) groups is 2. The molecule has 1 saturated heterocycles. The molecule has 110 valence electrons. The van der Waals surface area contributed by atoms with Crippen molar-refractivity contribution in [1.82, 2.24) is 9.80 Å². The standard InChI is InChI=1S/C17H20N2O2/c1-4-5-16(20)18-8-10-19(11-9-18)17(21)15-7-6-13(2)14(3)12-15/h6-7,12H,8-11H2,1-3H3. The van der Waals surface area contributed by atoms with Crippen molar-refractivity contribution in [3.8, 4) is 11.8 Å². The number of aryl methyl sites for hydroxylation is 2. The predicted molar refractivity (Wildman–Crippen MR) is 81.8 cm³/mol. The average molecular weight is 284 g/mol. The molecule has 0 N–H and O–H groups in total. The van der Waals surface area contributed by atoms with Gasteiger partial charge in [-0.2, -0.15) is 0 Å². The average Bonchev–Trinajstić information content (AvgIpc) is 2.50. The molecule has 0 aliphatic carbocycles. The zero-order chi connectivity index (χ0) is 15.4. The molecule has 0 atom stereocenters. The summed E-state index contributed by atoms with van der Waals surface area (Å²) in [4.78, 5) is 27.6. The van der Waals surface area contributed by atoms with Gasteiger partial charge in [0.05, 0.1) is 0 Å². The highest BCUT2D eigenvalue weighted by Gasteiger charge is 2.24. The molecule has 2 rings (SSSR count). The molecule has 0 saturated carbocycles. The lowest BCUT2D eigenvalue weighted by Gasteiger charge is -2.33. The monoisotopic (exact) mass is 284 g/mol. The molecule has 2 amide bonds. The molecule has 1 aliphatic heterocycles. The van der Waals surface area contributed by atoms with E-state index in [9.17, 15) is 9.59 Å². The van der Waals surface area contributed by atoms with Gasteiger partial charge >= 0.3 is 0 Å². The SMILES string of the molecule is CC#CC(=O)N1CCN(C(=O)c2ccc(C)c(C)c2)CC1. The molecule has 0 unspecified atom stereocenters. The van der Waals surface area contributed by atoms with Crippen molar-refractivity contribution >= 4 is 11.8 Å². The third-order valence-electron chi connectivity index (χ3n) is 3.84. The lowest BCUT2D eigenvalue weighted by atomic mass is 10.1. The normalized spacial score (nSPS) is 14.4. The Morgan fingerprint density at radius 1 is 1.00 bits per heavy atom. The van der Waals surface area contributed by atoms with E-state index < -0.39 is 0 Å². The van der Waals surface area contributed by atoms with E-state index in [0.717, 1.165) is 5.56 Å². The minimum atomic E-state index is -0.157. The number of hydrogen-bond acceptors (Lipinski definition) is 2. The van der Waals surface area contributed by atoms with Crippen LogP contribution in [-0.2, 0) is 4.79 Å². The highest BCUT2D eigenvalue weighted by molar-refractivity contribution is 5.95. The summed E-state index contributed by atoms with van der Waals surface area (Å²) in [6, 6.07) is 5.77. The van der Waals surface area contributed by atoms with Crippen molar-refractivity contribution < 1.29 is 9.59 Å². The van der Waals surface area contributed by atoms with E-state index in [-0.39, 0.29) is 11.8 Å². The number of piperazine rings is 1. The molecule has 21 heavy (non-hydrogen) atoms. The van der Waals surface area contributed by atoms with Gasteiger partial charge in [-0.3, -0.25) is 9.59 Å². The summed E-state index contributed by atoms with van der Waals surface area (Å²) in [5.74, 6) is 5.03. The van der Waals surface area contributed by atoms with Crippen LogP contribution in [0.4, 0.5) is 0 Å². The van der Waals surface area contributed by atoms with Crippen LogP contribution in [0.25, 0.3) is 0 Å². The van der Waals surface area contributed by atoms with E-state index in [1.165, 1.54) is 5.56 Å². The summed E-state index contributed by atoms with van der Waals surface area (Å²) < 4.78 is 0. The van der Waals surface area contributed by atoms with Crippen LogP contribution in [0.1, 0.15) is 28.4 Å². The zero-order valence-corrected chi connectivity index (χ0v) is 12.8. The first kappa shape index (κ1) is 15.1. The second-order valence-electron chi connectivity index (χ2n) is 5.26. The van der Waals surface area contributed by atoms with Crippen molar-refractivity contribution in [2.45, 2.75) is 20.8 Å². The minimum absolute atomic E-state index is 0.0341. The predicted octanol–water partition coefficient (Wildman–Crippen LogP) is 1.61. The van der Waals surface area contributed by atoms with Gasteiger partial charge < -0.3 is 9.80 Å². The van der Waals surface area contributed by atoms with Gasteiger partial charge in [0.1, 0.15) is 0 Å². The second kappa shape index (κ2) is 6.45. The van der Waals surface area contributed by atoms with Crippen LogP contribution in [0.15, 0.2) is 18.2 Å². The lowest BCUT2D eigenvalue weighted by Crippen LogP contribution is -2.50. The third kappa shape index (κ3) is 3.43. The van der Waals surface area contributed by atoms with Crippen molar-refractivity contribution in [2.24, 2.45) is 0 Å². The molecule has 4 heteroatoms. The van der Waals surface area contributed by atoms with Crippen LogP contribution in [-0.4, -0.2) is 47.8 Å². The molecule has 0 spiro atoms. The van der Waals surface area contributed by atoms with Crippen LogP contribution in [0.2, 0.25) is 0 Å². The zero-order valence-electron chi connectivity index (χ0n) is 12.8. The van der Waals surface area contributed by atoms with E-state index in [4.69, 9.17) is 0 Å². The molecule has 0 bridgehead atoms. The maximum absolute atomic E-state index is 12.5. The van der Waals surface area contributed by atoms with Gasteiger partial charge in [-0.1, -0.05) is 12.0 Å². The Morgan fingerprint density at radius 3 is 2.19 bits per heavy atom. The Morgan fingerprint density at radius 2 is 1.62 bits per heavy atom. The Balaban J connectivity index is 2.01. The summed E-state index contributed by atoms with van der Waals surface area (Å²) in [6.45, 7) is 7.90. The lowest BCUT2D eigenvalue weighted by molar-refractivity contribution is -0.126. The number of amides is 2. The highest BCUT2D eigenvalue weighted by Crippen LogP contribution is 2.13. The van der Waals surface area contributed by atoms with E-state index in [1.54, 1.807) is 16.7 Å². The van der Waals surface area contributed by atoms with Gasteiger partial charge in [0, 0.05) is 31.7 Å². The van der Waals surface area contributed by atoms with Crippen LogP contribution in [0.5, 0.6) is 0 Å². The number of benzene rings is 1. The summed E-state index contributed by atoms with van der Waals surface area (Å²) in [6.07, 6.45) is 0. The molecule has 1 aromatic carbocycles. The third-order valence-corrected chi connectivity index (χ3v) is 3.84. The number of rotatable bonds is 1. The van der Waals surface area contributed by atoms with Crippen LogP contribution < -0.4 is 0 Å². The summed E-state index contributed by atoms with van der Waals surface area (Å²) in [7, 11) is 0. The first-order valence-electron chi connectivity index (χ1n) is 7.11. The van der Waals surface area contributed by atoms with E-state index in [1.807, 2.05) is 32.0 Å². The second-order valence-corrected chi connectivity index (χ2v) is 5.26. The molecule has 4 nitrogen and oxygen atoms in total. The molecular weight excluding hydrogens is 264 g/mol. The fraction of sp³-hybridized carbons (Fsp3) is 0.412. The highest BCUT2D eigenvalue weighted by atomic mass is 16.2. The summed E-state index contributed by atoms with van der Waals surface area (Å²) in [5, 5.41) is 0. The molecule has 1 heterocycles. The fourth-order valence-corrected chi connectivity index (χ4v) is 2.36. The fourth-order valence-electron chi connectivity index (χ4n) is 2.36. The van der Waals surface area contributed by atoms with E-state index in [0.29, 0.717) is 31.7 Å². The molecular formula is C17H20N2O2. The number of hydrogen-bond donors (Lipinski definition) is 0. The molecule has 0 aromatic heterocycles. The first-order valence-corrected chi connectivity index (χ1v) is 7.11. The maximum Gasteiger partial charge on any atom is 0.298 e. The van der Waals surface area contributed by atoms with E-state index >= 15 is 0 Å². The largest absolute Gasteiger partial charge is 0.335 e. The Kier molecular flexibility index (Phi) is 4.64. The van der Waals surface area contributed by atoms with Crippen molar-refractivity contribution in [3.63, 3.8) is 0 Å². The minimum Gasteiger partial charge on any atom is -0.335 e. The number of carbonyl (C=O) groups excluding carboxylic acids is 2. The van der Waals surface area contributed by atoms with Gasteiger partial charge in [-0.05, 0) is 50.0 Å². The molecule has 1 aliphatic rings. The van der Waals surface area contributed by atoms with Gasteiger partial charge in [-0.15, -0.1) is 0 Å². The van der Waals surface area contributed by atoms with Crippen LogP contribution in [0.3, 0.4) is 0 Å². The van der Waals surface area contributed by atoms with Gasteiger partial charge in [0.25, 0.3) is 11.8 Å². The Hall–Kier alpha value is -2.28.